The molecule has 3 aromatic rings. The average Bonchev–Trinajstić information content (AvgIpc) is 2.47. The molecule has 0 bridgehead atoms. The van der Waals surface area contributed by atoms with E-state index in [1.54, 1.807) is 0 Å². The first-order valence-corrected chi connectivity index (χ1v) is 6.77. The van der Waals surface area contributed by atoms with Crippen molar-refractivity contribution in [3.05, 3.63) is 71.2 Å². The maximum atomic E-state index is 4.34. The normalized spacial score (nSPS) is 11.2. The van der Waals surface area contributed by atoms with Gasteiger partial charge in [-0.2, -0.15) is 5.11 Å². The van der Waals surface area contributed by atoms with Crippen LogP contribution in [0.5, 0.6) is 0 Å². The zero-order valence-electron chi connectivity index (χ0n) is 10.1. The maximum Gasteiger partial charge on any atom is 0.0935 e. The molecule has 0 saturated heterocycles. The molecule has 0 unspecified atom stereocenters. The van der Waals surface area contributed by atoms with Crippen LogP contribution in [0.15, 0.2) is 81.4 Å². The van der Waals surface area contributed by atoms with E-state index < -0.39 is 0 Å². The Hall–Kier alpha value is -2.00. The van der Waals surface area contributed by atoms with E-state index in [9.17, 15) is 0 Å². The van der Waals surface area contributed by atoms with Crippen LogP contribution in [0, 0.1) is 0 Å². The fraction of sp³-hybridized carbons (Fsp3) is 0. The van der Waals surface area contributed by atoms with E-state index in [1.165, 1.54) is 5.39 Å². The molecule has 3 aromatic carbocycles. The summed E-state index contributed by atoms with van der Waals surface area (Å²) in [5.74, 6) is 0. The quantitative estimate of drug-likeness (QED) is 0.517. The van der Waals surface area contributed by atoms with Crippen molar-refractivity contribution in [1.29, 1.82) is 0 Å². The second kappa shape index (κ2) is 5.33. The third kappa shape index (κ3) is 2.71. The number of fused-ring (bicyclic) bond motifs is 1. The molecular weight excluding hydrogens is 300 g/mol. The Balaban J connectivity index is 1.99. The third-order valence-corrected chi connectivity index (χ3v) is 3.40. The molecule has 0 atom stereocenters. The van der Waals surface area contributed by atoms with Crippen molar-refractivity contribution in [2.24, 2.45) is 10.2 Å². The van der Waals surface area contributed by atoms with E-state index in [4.69, 9.17) is 0 Å². The summed E-state index contributed by atoms with van der Waals surface area (Å²) in [6.45, 7) is 0. The van der Waals surface area contributed by atoms with Gasteiger partial charge in [0.1, 0.15) is 0 Å². The summed E-state index contributed by atoms with van der Waals surface area (Å²) in [6, 6.07) is 22.0. The van der Waals surface area contributed by atoms with Crippen LogP contribution in [0.25, 0.3) is 10.8 Å². The van der Waals surface area contributed by atoms with Gasteiger partial charge in [0.05, 0.1) is 11.4 Å². The summed E-state index contributed by atoms with van der Waals surface area (Å²) in [4.78, 5) is 0. The first kappa shape index (κ1) is 12.1. The molecule has 0 fully saturated rings. The van der Waals surface area contributed by atoms with Gasteiger partial charge in [0.25, 0.3) is 0 Å². The molecule has 0 aliphatic carbocycles. The van der Waals surface area contributed by atoms with Crippen molar-refractivity contribution in [2.45, 2.75) is 0 Å². The van der Waals surface area contributed by atoms with Crippen molar-refractivity contribution >= 4 is 38.1 Å². The van der Waals surface area contributed by atoms with Gasteiger partial charge in [-0.05, 0) is 35.7 Å². The van der Waals surface area contributed by atoms with Gasteiger partial charge >= 0.3 is 0 Å². The minimum absolute atomic E-state index is 0.844. The highest BCUT2D eigenvalue weighted by atomic mass is 79.9. The first-order chi connectivity index (χ1) is 9.33. The molecule has 19 heavy (non-hydrogen) atoms. The standard InChI is InChI=1S/C16H11BrN2/c17-13-8-10-14(11-9-13)18-19-16-7-3-5-12-4-1-2-6-15(12)16/h1-11H. The summed E-state index contributed by atoms with van der Waals surface area (Å²) >= 11 is 3.40. The number of azo groups is 1. The molecule has 2 nitrogen and oxygen atoms in total. The Morgan fingerprint density at radius 3 is 2.26 bits per heavy atom. The Labute approximate surface area is 119 Å². The van der Waals surface area contributed by atoms with Gasteiger partial charge in [0.15, 0.2) is 0 Å². The van der Waals surface area contributed by atoms with Crippen molar-refractivity contribution in [3.8, 4) is 0 Å². The highest BCUT2D eigenvalue weighted by molar-refractivity contribution is 9.10. The van der Waals surface area contributed by atoms with Gasteiger partial charge in [0.2, 0.25) is 0 Å². The van der Waals surface area contributed by atoms with Crippen LogP contribution in [0.4, 0.5) is 11.4 Å². The zero-order valence-corrected chi connectivity index (χ0v) is 11.7. The molecule has 3 rings (SSSR count). The molecule has 0 aliphatic heterocycles. The fourth-order valence-electron chi connectivity index (χ4n) is 1.91. The zero-order chi connectivity index (χ0) is 13.1. The fourth-order valence-corrected chi connectivity index (χ4v) is 2.18. The Morgan fingerprint density at radius 2 is 1.42 bits per heavy atom. The lowest BCUT2D eigenvalue weighted by Crippen LogP contribution is -1.72. The van der Waals surface area contributed by atoms with Crippen LogP contribution in [0.2, 0.25) is 0 Å². The SMILES string of the molecule is Brc1ccc(N=Nc2cccc3ccccc23)cc1. The lowest BCUT2D eigenvalue weighted by Gasteiger charge is -2.00. The summed E-state index contributed by atoms with van der Waals surface area (Å²) in [6.07, 6.45) is 0. The number of hydrogen-bond donors (Lipinski definition) is 0. The molecule has 3 heteroatoms. The number of halogens is 1. The molecule has 0 aromatic heterocycles. The van der Waals surface area contributed by atoms with Crippen LogP contribution in [-0.4, -0.2) is 0 Å². The molecular formula is C16H11BrN2. The molecule has 0 saturated carbocycles. The van der Waals surface area contributed by atoms with Gasteiger partial charge in [-0.1, -0.05) is 52.3 Å². The molecule has 0 radical (unpaired) electrons. The Kier molecular flexibility index (Phi) is 3.38. The second-order valence-corrected chi connectivity index (χ2v) is 5.09. The third-order valence-electron chi connectivity index (χ3n) is 2.87. The molecule has 0 spiro atoms. The van der Waals surface area contributed by atoms with E-state index >= 15 is 0 Å². The molecule has 0 aliphatic rings. The minimum Gasteiger partial charge on any atom is -0.151 e. The van der Waals surface area contributed by atoms with E-state index in [1.807, 2.05) is 48.5 Å². The predicted octanol–water partition coefficient (Wildman–Crippen LogP) is 6.02. The molecule has 0 amide bonds. The van der Waals surface area contributed by atoms with Crippen LogP contribution in [-0.2, 0) is 0 Å². The van der Waals surface area contributed by atoms with E-state index in [0.29, 0.717) is 0 Å². The monoisotopic (exact) mass is 310 g/mol. The van der Waals surface area contributed by atoms with Crippen molar-refractivity contribution < 1.29 is 0 Å². The second-order valence-electron chi connectivity index (χ2n) is 4.17. The molecule has 0 N–H and O–H groups in total. The largest absolute Gasteiger partial charge is 0.151 e. The van der Waals surface area contributed by atoms with Gasteiger partial charge < -0.3 is 0 Å². The topological polar surface area (TPSA) is 24.7 Å². The van der Waals surface area contributed by atoms with Crippen LogP contribution in [0.3, 0.4) is 0 Å². The van der Waals surface area contributed by atoms with Gasteiger partial charge in [-0.15, -0.1) is 5.11 Å². The van der Waals surface area contributed by atoms with Crippen molar-refractivity contribution in [1.82, 2.24) is 0 Å². The summed E-state index contributed by atoms with van der Waals surface area (Å²) < 4.78 is 1.04. The van der Waals surface area contributed by atoms with Gasteiger partial charge in [0, 0.05) is 9.86 Å². The number of rotatable bonds is 2. The van der Waals surface area contributed by atoms with Crippen LogP contribution >= 0.6 is 15.9 Å². The Bertz CT molecular complexity index is 728. The number of nitrogens with zero attached hydrogens (tertiary/aromatic N) is 2. The molecule has 92 valence electrons. The highest BCUT2D eigenvalue weighted by Crippen LogP contribution is 2.27. The maximum absolute atomic E-state index is 4.34. The number of hydrogen-bond acceptors (Lipinski definition) is 2. The van der Waals surface area contributed by atoms with E-state index in [-0.39, 0.29) is 0 Å². The van der Waals surface area contributed by atoms with E-state index in [0.717, 1.165) is 21.2 Å². The summed E-state index contributed by atoms with van der Waals surface area (Å²) in [5, 5.41) is 10.9. The smallest absolute Gasteiger partial charge is 0.0935 e. The van der Waals surface area contributed by atoms with Crippen LogP contribution < -0.4 is 0 Å². The average molecular weight is 311 g/mol. The lowest BCUT2D eigenvalue weighted by atomic mass is 10.1. The van der Waals surface area contributed by atoms with Crippen LogP contribution in [0.1, 0.15) is 0 Å². The minimum atomic E-state index is 0.844. The predicted molar refractivity (Wildman–Crippen MR) is 82.3 cm³/mol. The van der Waals surface area contributed by atoms with Gasteiger partial charge in [-0.3, -0.25) is 0 Å². The van der Waals surface area contributed by atoms with Crippen molar-refractivity contribution in [3.63, 3.8) is 0 Å². The van der Waals surface area contributed by atoms with Crippen molar-refractivity contribution in [2.75, 3.05) is 0 Å². The highest BCUT2D eigenvalue weighted by Gasteiger charge is 1.98. The Morgan fingerprint density at radius 1 is 0.684 bits per heavy atom. The lowest BCUT2D eigenvalue weighted by molar-refractivity contribution is 1.24. The van der Waals surface area contributed by atoms with Gasteiger partial charge in [-0.25, -0.2) is 0 Å². The summed E-state index contributed by atoms with van der Waals surface area (Å²) in [5.41, 5.74) is 1.73. The first-order valence-electron chi connectivity index (χ1n) is 5.98. The number of benzene rings is 3. The molecule has 0 heterocycles. The summed E-state index contributed by atoms with van der Waals surface area (Å²) in [7, 11) is 0. The van der Waals surface area contributed by atoms with E-state index in [2.05, 4.69) is 44.4 Å².